The maximum atomic E-state index is 12.9. The van der Waals surface area contributed by atoms with Crippen LogP contribution in [0.1, 0.15) is 39.0 Å². The lowest BCUT2D eigenvalue weighted by atomic mass is 9.95. The van der Waals surface area contributed by atoms with E-state index in [2.05, 4.69) is 15.9 Å². The van der Waals surface area contributed by atoms with Crippen molar-refractivity contribution in [2.75, 3.05) is 13.7 Å². The summed E-state index contributed by atoms with van der Waals surface area (Å²) in [5.41, 5.74) is 0. The number of sulfonamides is 1. The van der Waals surface area contributed by atoms with E-state index >= 15 is 0 Å². The number of hydrogen-bond donors (Lipinski definition) is 0. The van der Waals surface area contributed by atoms with Gasteiger partial charge in [-0.2, -0.15) is 4.31 Å². The first-order chi connectivity index (χ1) is 10.0. The maximum Gasteiger partial charge on any atom is 0.243 e. The van der Waals surface area contributed by atoms with E-state index in [0.717, 1.165) is 25.7 Å². The van der Waals surface area contributed by atoms with Crippen LogP contribution in [0.15, 0.2) is 27.6 Å². The van der Waals surface area contributed by atoms with E-state index in [4.69, 9.17) is 4.74 Å². The molecule has 1 aliphatic carbocycles. The van der Waals surface area contributed by atoms with Crippen molar-refractivity contribution in [2.24, 2.45) is 0 Å². The molecule has 4 nitrogen and oxygen atoms in total. The summed E-state index contributed by atoms with van der Waals surface area (Å²) in [5.74, 6) is 0.634. The van der Waals surface area contributed by atoms with Gasteiger partial charge in [-0.1, -0.05) is 26.2 Å². The molecule has 0 heterocycles. The second-order valence-corrected chi connectivity index (χ2v) is 8.04. The molecule has 21 heavy (non-hydrogen) atoms. The Hall–Kier alpha value is -0.590. The molecular formula is C15H22BrNO3S. The van der Waals surface area contributed by atoms with Gasteiger partial charge in [0.05, 0.1) is 16.5 Å². The predicted octanol–water partition coefficient (Wildman–Crippen LogP) is 3.80. The molecule has 1 fully saturated rings. The van der Waals surface area contributed by atoms with Crippen LogP contribution < -0.4 is 4.74 Å². The minimum atomic E-state index is -3.45. The summed E-state index contributed by atoms with van der Waals surface area (Å²) in [7, 11) is -1.89. The molecule has 0 amide bonds. The zero-order valence-electron chi connectivity index (χ0n) is 12.5. The quantitative estimate of drug-likeness (QED) is 0.785. The fourth-order valence-electron chi connectivity index (χ4n) is 2.94. The van der Waals surface area contributed by atoms with Gasteiger partial charge in [0.15, 0.2) is 0 Å². The Balaban J connectivity index is 2.32. The third-order valence-corrected chi connectivity index (χ3v) is 6.67. The molecule has 1 aliphatic rings. The van der Waals surface area contributed by atoms with Crippen molar-refractivity contribution in [3.63, 3.8) is 0 Å². The van der Waals surface area contributed by atoms with Gasteiger partial charge in [0.2, 0.25) is 10.0 Å². The van der Waals surface area contributed by atoms with Gasteiger partial charge in [0.1, 0.15) is 5.75 Å². The van der Waals surface area contributed by atoms with E-state index in [1.807, 2.05) is 6.92 Å². The Morgan fingerprint density at radius 2 is 1.95 bits per heavy atom. The summed E-state index contributed by atoms with van der Waals surface area (Å²) >= 11 is 3.36. The fourth-order valence-corrected chi connectivity index (χ4v) is 5.35. The minimum Gasteiger partial charge on any atom is -0.496 e. The number of methoxy groups -OCH3 is 1. The van der Waals surface area contributed by atoms with Crippen LogP contribution in [0.4, 0.5) is 0 Å². The molecule has 0 bridgehead atoms. The van der Waals surface area contributed by atoms with Crippen LogP contribution in [0, 0.1) is 0 Å². The van der Waals surface area contributed by atoms with Crippen LogP contribution in [-0.2, 0) is 10.0 Å². The molecule has 0 saturated heterocycles. The average Bonchev–Trinajstić information content (AvgIpc) is 2.48. The SMILES string of the molecule is CCN(C1CCCCC1)S(=O)(=O)c1ccc(OC)c(Br)c1. The van der Waals surface area contributed by atoms with Crippen LogP contribution in [0.2, 0.25) is 0 Å². The Labute approximate surface area is 135 Å². The van der Waals surface area contributed by atoms with Gasteiger partial charge in [0, 0.05) is 12.6 Å². The Morgan fingerprint density at radius 1 is 1.29 bits per heavy atom. The Morgan fingerprint density at radius 3 is 2.48 bits per heavy atom. The molecule has 0 aliphatic heterocycles. The van der Waals surface area contributed by atoms with E-state index in [9.17, 15) is 8.42 Å². The molecule has 0 aromatic heterocycles. The number of benzene rings is 1. The topological polar surface area (TPSA) is 46.6 Å². The zero-order valence-corrected chi connectivity index (χ0v) is 14.9. The van der Waals surface area contributed by atoms with Crippen molar-refractivity contribution < 1.29 is 13.2 Å². The van der Waals surface area contributed by atoms with Crippen molar-refractivity contribution >= 4 is 26.0 Å². The molecular weight excluding hydrogens is 354 g/mol. The van der Waals surface area contributed by atoms with E-state index in [1.165, 1.54) is 6.42 Å². The van der Waals surface area contributed by atoms with Gasteiger partial charge in [0.25, 0.3) is 0 Å². The van der Waals surface area contributed by atoms with Crippen LogP contribution in [0.25, 0.3) is 0 Å². The first-order valence-corrected chi connectivity index (χ1v) is 9.59. The van der Waals surface area contributed by atoms with Gasteiger partial charge < -0.3 is 4.74 Å². The van der Waals surface area contributed by atoms with Crippen LogP contribution >= 0.6 is 15.9 Å². The summed E-state index contributed by atoms with van der Waals surface area (Å²) in [4.78, 5) is 0.322. The molecule has 1 aromatic carbocycles. The number of hydrogen-bond acceptors (Lipinski definition) is 3. The summed E-state index contributed by atoms with van der Waals surface area (Å²) in [6.07, 6.45) is 5.36. The molecule has 2 rings (SSSR count). The highest BCUT2D eigenvalue weighted by atomic mass is 79.9. The smallest absolute Gasteiger partial charge is 0.243 e. The predicted molar refractivity (Wildman–Crippen MR) is 87.1 cm³/mol. The van der Waals surface area contributed by atoms with Gasteiger partial charge in [-0.05, 0) is 47.0 Å². The molecule has 118 valence electrons. The first kappa shape index (κ1) is 16.8. The highest BCUT2D eigenvalue weighted by Gasteiger charge is 2.31. The lowest BCUT2D eigenvalue weighted by Crippen LogP contribution is -2.41. The third-order valence-electron chi connectivity index (χ3n) is 4.02. The van der Waals surface area contributed by atoms with Crippen molar-refractivity contribution in [2.45, 2.75) is 50.0 Å². The van der Waals surface area contributed by atoms with Gasteiger partial charge in [-0.15, -0.1) is 0 Å². The van der Waals surface area contributed by atoms with Crippen molar-refractivity contribution in [3.05, 3.63) is 22.7 Å². The van der Waals surface area contributed by atoms with Crippen LogP contribution in [0.3, 0.4) is 0 Å². The Kier molecular flexibility index (Phi) is 5.68. The number of ether oxygens (including phenoxy) is 1. The first-order valence-electron chi connectivity index (χ1n) is 7.36. The second kappa shape index (κ2) is 7.11. The van der Waals surface area contributed by atoms with E-state index in [-0.39, 0.29) is 6.04 Å². The summed E-state index contributed by atoms with van der Waals surface area (Å²) in [6, 6.07) is 5.06. The number of nitrogens with zero attached hydrogens (tertiary/aromatic N) is 1. The second-order valence-electron chi connectivity index (χ2n) is 5.30. The minimum absolute atomic E-state index is 0.134. The molecule has 0 unspecified atom stereocenters. The van der Waals surface area contributed by atoms with Crippen LogP contribution in [-0.4, -0.2) is 32.4 Å². The summed E-state index contributed by atoms with van der Waals surface area (Å²) < 4.78 is 33.2. The Bertz CT molecular complexity index is 583. The third kappa shape index (κ3) is 3.60. The molecule has 6 heteroatoms. The van der Waals surface area contributed by atoms with Gasteiger partial charge >= 0.3 is 0 Å². The molecule has 0 radical (unpaired) electrons. The standard InChI is InChI=1S/C15H22BrNO3S/c1-3-17(12-7-5-4-6-8-12)21(18,19)13-9-10-15(20-2)14(16)11-13/h9-12H,3-8H2,1-2H3. The molecule has 1 saturated carbocycles. The van der Waals surface area contributed by atoms with Crippen molar-refractivity contribution in [1.82, 2.24) is 4.31 Å². The van der Waals surface area contributed by atoms with Gasteiger partial charge in [-0.25, -0.2) is 8.42 Å². The van der Waals surface area contributed by atoms with Gasteiger partial charge in [-0.3, -0.25) is 0 Å². The lowest BCUT2D eigenvalue weighted by Gasteiger charge is -2.32. The molecule has 0 spiro atoms. The van der Waals surface area contributed by atoms with E-state index < -0.39 is 10.0 Å². The van der Waals surface area contributed by atoms with Crippen LogP contribution in [0.5, 0.6) is 5.75 Å². The number of rotatable bonds is 5. The fraction of sp³-hybridized carbons (Fsp3) is 0.600. The highest BCUT2D eigenvalue weighted by molar-refractivity contribution is 9.10. The normalized spacial score (nSPS) is 17.1. The van der Waals surface area contributed by atoms with E-state index in [1.54, 1.807) is 29.6 Å². The van der Waals surface area contributed by atoms with E-state index in [0.29, 0.717) is 21.7 Å². The van der Waals surface area contributed by atoms with Crippen molar-refractivity contribution in [1.29, 1.82) is 0 Å². The molecule has 1 aromatic rings. The van der Waals surface area contributed by atoms with Crippen molar-refractivity contribution in [3.8, 4) is 5.75 Å². The largest absolute Gasteiger partial charge is 0.496 e. The summed E-state index contributed by atoms with van der Waals surface area (Å²) in [5, 5.41) is 0. The molecule has 0 atom stereocenters. The molecule has 0 N–H and O–H groups in total. The zero-order chi connectivity index (χ0) is 15.5. The summed E-state index contributed by atoms with van der Waals surface area (Å²) in [6.45, 7) is 2.42. The monoisotopic (exact) mass is 375 g/mol. The lowest BCUT2D eigenvalue weighted by molar-refractivity contribution is 0.261. The maximum absolute atomic E-state index is 12.9. The number of halogens is 1. The highest BCUT2D eigenvalue weighted by Crippen LogP contribution is 2.31. The average molecular weight is 376 g/mol.